The number of nitrogens with zero attached hydrogens (tertiary/aromatic N) is 5. The van der Waals surface area contributed by atoms with Crippen molar-refractivity contribution in [2.45, 2.75) is 0 Å². The maximum Gasteiger partial charge on any atom is 0.240 e. The summed E-state index contributed by atoms with van der Waals surface area (Å²) < 4.78 is 179. The Kier molecular flexibility index (Phi) is 4.46. The van der Waals surface area contributed by atoms with Gasteiger partial charge in [0.05, 0.1) is 48.1 Å². The Balaban J connectivity index is 1.35. The second kappa shape index (κ2) is 13.4. The topological polar surface area (TPSA) is 48.5 Å². The van der Waals surface area contributed by atoms with Gasteiger partial charge in [-0.2, -0.15) is 15.0 Å². The van der Waals surface area contributed by atoms with Crippen LogP contribution >= 0.6 is 0 Å². The number of benzene rings is 8. The number of fused-ring (bicyclic) bond motifs is 6. The maximum absolute atomic E-state index is 10.1. The van der Waals surface area contributed by atoms with Crippen molar-refractivity contribution in [3.05, 3.63) is 212 Å². The van der Waals surface area contributed by atoms with Crippen LogP contribution in [0, 0.1) is 0 Å². The van der Waals surface area contributed by atoms with E-state index in [-0.39, 0.29) is 11.9 Å². The smallest absolute Gasteiger partial charge is 0.240 e. The summed E-state index contributed by atoms with van der Waals surface area (Å²) in [4.78, 5) is 14.9. The Morgan fingerprint density at radius 3 is 1.02 bits per heavy atom. The molecule has 3 aromatic heterocycles. The molecule has 0 aliphatic rings. The lowest BCUT2D eigenvalue weighted by molar-refractivity contribution is 0.893. The summed E-state index contributed by atoms with van der Waals surface area (Å²) in [6.45, 7) is 0. The summed E-state index contributed by atoms with van der Waals surface area (Å²) in [6, 6.07) is 9.80. The maximum atomic E-state index is 10.1. The van der Waals surface area contributed by atoms with Gasteiger partial charge in [0.15, 0.2) is 13.9 Å². The van der Waals surface area contributed by atoms with Crippen molar-refractivity contribution in [3.63, 3.8) is 0 Å². The zero-order valence-electron chi connectivity index (χ0n) is 48.5. The molecule has 0 aliphatic heterocycles. The van der Waals surface area contributed by atoms with Crippen LogP contribution < -0.4 is 20.7 Å². The van der Waals surface area contributed by atoms with Crippen LogP contribution in [0.5, 0.6) is 0 Å². The highest BCUT2D eigenvalue weighted by Gasteiger charge is 2.41. The van der Waals surface area contributed by atoms with Gasteiger partial charge in [0.25, 0.3) is 0 Å². The molecule has 268 valence electrons. The summed E-state index contributed by atoms with van der Waals surface area (Å²) in [7, 11) is -6.10. The molecule has 0 saturated heterocycles. The molecule has 5 nitrogen and oxygen atoms in total. The zero-order valence-corrected chi connectivity index (χ0v) is 30.5. The largest absolute Gasteiger partial charge is 0.278 e. The van der Waals surface area contributed by atoms with Gasteiger partial charge in [-0.3, -0.25) is 9.13 Å². The third-order valence-corrected chi connectivity index (χ3v) is 14.0. The molecule has 0 aliphatic carbocycles. The fourth-order valence-corrected chi connectivity index (χ4v) is 11.1. The Labute approximate surface area is 357 Å². The predicted octanol–water partition coefficient (Wildman–Crippen LogP) is 9.11. The van der Waals surface area contributed by atoms with Gasteiger partial charge in [0.2, 0.25) is 11.9 Å². The van der Waals surface area contributed by atoms with Gasteiger partial charge in [0.1, 0.15) is 0 Å². The molecule has 57 heavy (non-hydrogen) atoms. The molecule has 0 amide bonds. The van der Waals surface area contributed by atoms with Crippen LogP contribution in [-0.4, -0.2) is 32.2 Å². The standard InChI is InChI=1S/C51H35N5Si/c1-4-18-37(19-5-1)57(38-20-6-2-7-21-38,39-22-8-3-9-23-39)40-34-32-36(33-35-40)49-52-50(55-45-28-14-10-24-41(45)42-25-11-15-29-46(42)55)54-51(53-49)56-47-30-16-12-26-43(47)44-27-13-17-31-48(44)56/h1-35H/i1D,2D,3D,4D,5D,6D,7D,8D,9D,18D,19D,20D,21D,22D,23D,32D,33D,34D,35D. The van der Waals surface area contributed by atoms with Crippen LogP contribution in [0.4, 0.5) is 0 Å². The summed E-state index contributed by atoms with van der Waals surface area (Å²) in [5, 5.41) is -0.573. The normalized spacial score (nSPS) is 16.5. The van der Waals surface area contributed by atoms with Crippen molar-refractivity contribution in [2.24, 2.45) is 0 Å². The second-order valence-electron chi connectivity index (χ2n) is 13.0. The lowest BCUT2D eigenvalue weighted by Gasteiger charge is -2.34. The van der Waals surface area contributed by atoms with Crippen LogP contribution in [0.3, 0.4) is 0 Å². The van der Waals surface area contributed by atoms with E-state index in [4.69, 9.17) is 27.3 Å². The molecule has 0 atom stereocenters. The van der Waals surface area contributed by atoms with Gasteiger partial charge < -0.3 is 0 Å². The van der Waals surface area contributed by atoms with Crippen LogP contribution in [0.2, 0.25) is 0 Å². The summed E-state index contributed by atoms with van der Waals surface area (Å²) in [6.07, 6.45) is 0. The zero-order chi connectivity index (χ0) is 54.3. The van der Waals surface area contributed by atoms with Crippen molar-refractivity contribution < 1.29 is 26.0 Å². The van der Waals surface area contributed by atoms with Crippen molar-refractivity contribution in [3.8, 4) is 23.3 Å². The number of rotatable bonds is 7. The van der Waals surface area contributed by atoms with Gasteiger partial charge in [-0.05, 0) is 45.0 Å². The molecule has 11 aromatic rings. The molecule has 0 fully saturated rings. The molecular formula is C51H35N5Si. The van der Waals surface area contributed by atoms with Gasteiger partial charge in [-0.25, -0.2) is 0 Å². The lowest BCUT2D eigenvalue weighted by atomic mass is 10.2. The van der Waals surface area contributed by atoms with Crippen LogP contribution in [0.25, 0.3) is 66.9 Å². The minimum atomic E-state index is -6.10. The molecule has 11 rings (SSSR count). The van der Waals surface area contributed by atoms with E-state index in [9.17, 15) is 13.7 Å². The number of aromatic nitrogens is 5. The Hall–Kier alpha value is -7.41. The average molecular weight is 765 g/mol. The Morgan fingerprint density at radius 1 is 0.351 bits per heavy atom. The van der Waals surface area contributed by atoms with E-state index in [1.54, 1.807) is 9.13 Å². The predicted molar refractivity (Wildman–Crippen MR) is 238 cm³/mol. The van der Waals surface area contributed by atoms with Crippen molar-refractivity contribution in [1.29, 1.82) is 0 Å². The van der Waals surface area contributed by atoms with E-state index in [0.29, 0.717) is 22.1 Å². The van der Waals surface area contributed by atoms with E-state index in [2.05, 4.69) is 0 Å². The quantitative estimate of drug-likeness (QED) is 0.120. The van der Waals surface area contributed by atoms with Crippen LogP contribution in [0.15, 0.2) is 212 Å². The van der Waals surface area contributed by atoms with E-state index >= 15 is 0 Å². The van der Waals surface area contributed by atoms with Gasteiger partial charge >= 0.3 is 0 Å². The highest BCUT2D eigenvalue weighted by Crippen LogP contribution is 2.34. The molecule has 0 saturated carbocycles. The molecule has 0 bridgehead atoms. The number of hydrogen-bond donors (Lipinski definition) is 0. The summed E-state index contributed by atoms with van der Waals surface area (Å²) in [5.41, 5.74) is 2.02. The van der Waals surface area contributed by atoms with Crippen molar-refractivity contribution in [1.82, 2.24) is 24.1 Å². The molecule has 0 unspecified atom stereocenters. The van der Waals surface area contributed by atoms with Gasteiger partial charge in [-0.15, -0.1) is 0 Å². The molecule has 6 heteroatoms. The van der Waals surface area contributed by atoms with Crippen molar-refractivity contribution in [2.75, 3.05) is 0 Å². The van der Waals surface area contributed by atoms with Crippen molar-refractivity contribution >= 4 is 72.4 Å². The van der Waals surface area contributed by atoms with E-state index in [1.165, 1.54) is 0 Å². The molecular weight excluding hydrogens is 711 g/mol. The summed E-state index contributed by atoms with van der Waals surface area (Å²) in [5.74, 6) is -0.476. The van der Waals surface area contributed by atoms with E-state index in [1.807, 2.05) is 97.1 Å². The fraction of sp³-hybridized carbons (Fsp3) is 0. The monoisotopic (exact) mass is 764 g/mol. The first kappa shape index (κ1) is 19.0. The fourth-order valence-electron chi connectivity index (χ4n) is 7.62. The highest BCUT2D eigenvalue weighted by molar-refractivity contribution is 7.19. The third-order valence-electron chi connectivity index (χ3n) is 10.0. The molecule has 0 spiro atoms. The van der Waals surface area contributed by atoms with E-state index in [0.717, 1.165) is 21.5 Å². The first-order valence-corrected chi connectivity index (χ1v) is 19.7. The molecule has 3 heterocycles. The Bertz CT molecular complexity index is 3860. The van der Waals surface area contributed by atoms with Gasteiger partial charge in [-0.1, -0.05) is 188 Å². The van der Waals surface area contributed by atoms with Crippen LogP contribution in [-0.2, 0) is 0 Å². The third kappa shape index (κ3) is 5.19. The minimum Gasteiger partial charge on any atom is -0.278 e. The SMILES string of the molecule is [2H]c1c([2H])c([2H])c([Si](c2c([2H])c([2H])c([2H])c([2H])c2[2H])(c2c([2H])c([2H])c([2H])c([2H])c2[2H])c2c([2H])c([2H])c(-c3nc(-n4c5ccccc5c5ccccc54)nc(-n4c5ccccc5c5ccccc54)n3)c([2H])c2[2H])c([2H])c1[2H]. The second-order valence-corrected chi connectivity index (χ2v) is 16.5. The molecule has 0 N–H and O–H groups in total. The average Bonchev–Trinajstić information content (AvgIpc) is 3.94. The minimum absolute atomic E-state index is 0.0266. The number of hydrogen-bond acceptors (Lipinski definition) is 3. The number of para-hydroxylation sites is 4. The Morgan fingerprint density at radius 2 is 0.667 bits per heavy atom. The first-order chi connectivity index (χ1) is 36.2. The first-order valence-electron chi connectivity index (χ1n) is 27.2. The van der Waals surface area contributed by atoms with Gasteiger partial charge in [0, 0.05) is 27.1 Å². The molecule has 0 radical (unpaired) electrons. The lowest BCUT2D eigenvalue weighted by Crippen LogP contribution is -2.74. The highest BCUT2D eigenvalue weighted by atomic mass is 28.3. The van der Waals surface area contributed by atoms with E-state index < -0.39 is 155 Å². The summed E-state index contributed by atoms with van der Waals surface area (Å²) >= 11 is 0. The molecule has 8 aromatic carbocycles. The van der Waals surface area contributed by atoms with Crippen LogP contribution in [0.1, 0.15) is 26.0 Å².